The lowest BCUT2D eigenvalue weighted by molar-refractivity contribution is -0.141. The summed E-state index contributed by atoms with van der Waals surface area (Å²) in [6.07, 6.45) is -4.14. The van der Waals surface area contributed by atoms with Crippen LogP contribution in [0.4, 0.5) is 17.6 Å². The number of benzene rings is 1. The Bertz CT molecular complexity index is 453. The third-order valence-electron chi connectivity index (χ3n) is 3.67. The van der Waals surface area contributed by atoms with Gasteiger partial charge in [0, 0.05) is 32.2 Å². The zero-order valence-corrected chi connectivity index (χ0v) is 11.3. The van der Waals surface area contributed by atoms with E-state index in [4.69, 9.17) is 0 Å². The van der Waals surface area contributed by atoms with Crippen LogP contribution in [0, 0.1) is 5.82 Å². The van der Waals surface area contributed by atoms with Crippen molar-refractivity contribution >= 4 is 0 Å². The fraction of sp³-hybridized carbons (Fsp3) is 0.571. The molecule has 0 spiro atoms. The molecule has 0 aliphatic carbocycles. The quantitative estimate of drug-likeness (QED) is 0.860. The molecule has 1 saturated heterocycles. The molecule has 2 rings (SSSR count). The molecule has 2 nitrogen and oxygen atoms in total. The molecule has 112 valence electrons. The van der Waals surface area contributed by atoms with Gasteiger partial charge in [-0.1, -0.05) is 19.1 Å². The Morgan fingerprint density at radius 2 is 1.90 bits per heavy atom. The maximum Gasteiger partial charge on any atom is 0.419 e. The fourth-order valence-electron chi connectivity index (χ4n) is 2.79. The van der Waals surface area contributed by atoms with Gasteiger partial charge in [-0.25, -0.2) is 4.39 Å². The van der Waals surface area contributed by atoms with Crippen molar-refractivity contribution in [2.45, 2.75) is 25.6 Å². The summed E-state index contributed by atoms with van der Waals surface area (Å²) in [7, 11) is 0. The van der Waals surface area contributed by atoms with Gasteiger partial charge in [0.2, 0.25) is 0 Å². The van der Waals surface area contributed by atoms with Crippen LogP contribution in [0.1, 0.15) is 30.5 Å². The predicted octanol–water partition coefficient (Wildman–Crippen LogP) is 3.20. The Balaban J connectivity index is 2.41. The highest BCUT2D eigenvalue weighted by molar-refractivity contribution is 5.34. The molecule has 1 aliphatic heterocycles. The summed E-state index contributed by atoms with van der Waals surface area (Å²) in [6.45, 7) is 4.66. The summed E-state index contributed by atoms with van der Waals surface area (Å²) in [5, 5.41) is 3.16. The van der Waals surface area contributed by atoms with Gasteiger partial charge in [-0.3, -0.25) is 4.90 Å². The highest BCUT2D eigenvalue weighted by Gasteiger charge is 2.39. The first kappa shape index (κ1) is 15.3. The van der Waals surface area contributed by atoms with E-state index in [1.54, 1.807) is 0 Å². The maximum absolute atomic E-state index is 13.7. The SMILES string of the molecule is CC[C@@H](c1cccc(F)c1C(F)(F)F)N1CCNCC1. The van der Waals surface area contributed by atoms with Crippen molar-refractivity contribution in [2.24, 2.45) is 0 Å². The molecule has 1 aromatic carbocycles. The summed E-state index contributed by atoms with van der Waals surface area (Å²) in [5.41, 5.74) is -1.08. The van der Waals surface area contributed by atoms with Gasteiger partial charge in [-0.15, -0.1) is 0 Å². The standard InChI is InChI=1S/C14H18F4N2/c1-2-12(20-8-6-19-7-9-20)10-4-3-5-11(15)13(10)14(16,17)18/h3-5,12,19H,2,6-9H2,1H3/t12-/m0/s1. The molecule has 20 heavy (non-hydrogen) atoms. The van der Waals surface area contributed by atoms with E-state index in [-0.39, 0.29) is 5.56 Å². The monoisotopic (exact) mass is 290 g/mol. The highest BCUT2D eigenvalue weighted by Crippen LogP contribution is 2.39. The Hall–Kier alpha value is -1.14. The lowest BCUT2D eigenvalue weighted by Crippen LogP contribution is -2.45. The first-order valence-corrected chi connectivity index (χ1v) is 6.75. The third kappa shape index (κ3) is 3.12. The van der Waals surface area contributed by atoms with Crippen molar-refractivity contribution in [3.8, 4) is 0 Å². The van der Waals surface area contributed by atoms with Crippen LogP contribution in [0.3, 0.4) is 0 Å². The molecule has 1 heterocycles. The number of nitrogens with zero attached hydrogens (tertiary/aromatic N) is 1. The molecule has 1 aromatic rings. The van der Waals surface area contributed by atoms with Gasteiger partial charge < -0.3 is 5.32 Å². The minimum Gasteiger partial charge on any atom is -0.314 e. The number of alkyl halides is 3. The number of piperazine rings is 1. The van der Waals surface area contributed by atoms with E-state index >= 15 is 0 Å². The summed E-state index contributed by atoms with van der Waals surface area (Å²) in [6, 6.07) is 3.22. The van der Waals surface area contributed by atoms with Crippen molar-refractivity contribution in [2.75, 3.05) is 26.2 Å². The lowest BCUT2D eigenvalue weighted by atomic mass is 9.95. The number of rotatable bonds is 3. The largest absolute Gasteiger partial charge is 0.419 e. The van der Waals surface area contributed by atoms with Gasteiger partial charge in [0.25, 0.3) is 0 Å². The third-order valence-corrected chi connectivity index (χ3v) is 3.67. The Morgan fingerprint density at radius 3 is 2.45 bits per heavy atom. The van der Waals surface area contributed by atoms with Gasteiger partial charge in [-0.05, 0) is 18.1 Å². The highest BCUT2D eigenvalue weighted by atomic mass is 19.4. The molecule has 0 saturated carbocycles. The topological polar surface area (TPSA) is 15.3 Å². The van der Waals surface area contributed by atoms with E-state index in [2.05, 4.69) is 5.32 Å². The molecule has 6 heteroatoms. The average molecular weight is 290 g/mol. The average Bonchev–Trinajstić information content (AvgIpc) is 2.39. The van der Waals surface area contributed by atoms with Crippen molar-refractivity contribution in [3.63, 3.8) is 0 Å². The molecule has 1 atom stereocenters. The van der Waals surface area contributed by atoms with E-state index in [0.717, 1.165) is 19.2 Å². The lowest BCUT2D eigenvalue weighted by Gasteiger charge is -2.35. The fourth-order valence-corrected chi connectivity index (χ4v) is 2.79. The van der Waals surface area contributed by atoms with Crippen LogP contribution in [0.5, 0.6) is 0 Å². The van der Waals surface area contributed by atoms with Crippen molar-refractivity contribution in [1.82, 2.24) is 10.2 Å². The van der Waals surface area contributed by atoms with Gasteiger partial charge >= 0.3 is 6.18 Å². The molecule has 0 unspecified atom stereocenters. The molecule has 1 fully saturated rings. The maximum atomic E-state index is 13.7. The smallest absolute Gasteiger partial charge is 0.314 e. The van der Waals surface area contributed by atoms with Crippen molar-refractivity contribution in [1.29, 1.82) is 0 Å². The molecule has 0 radical (unpaired) electrons. The normalized spacial score (nSPS) is 19.1. The second-order valence-corrected chi connectivity index (χ2v) is 4.91. The molecule has 0 bridgehead atoms. The number of nitrogens with one attached hydrogen (secondary N) is 1. The first-order chi connectivity index (χ1) is 9.45. The zero-order chi connectivity index (χ0) is 14.8. The van der Waals surface area contributed by atoms with Crippen LogP contribution in [0.15, 0.2) is 18.2 Å². The van der Waals surface area contributed by atoms with E-state index in [0.29, 0.717) is 19.5 Å². The molecule has 1 N–H and O–H groups in total. The van der Waals surface area contributed by atoms with Gasteiger partial charge in [0.15, 0.2) is 0 Å². The summed E-state index contributed by atoms with van der Waals surface area (Å²) in [4.78, 5) is 1.99. The summed E-state index contributed by atoms with van der Waals surface area (Å²) >= 11 is 0. The van der Waals surface area contributed by atoms with Crippen LogP contribution >= 0.6 is 0 Å². The van der Waals surface area contributed by atoms with Crippen LogP contribution < -0.4 is 5.32 Å². The number of hydrogen-bond donors (Lipinski definition) is 1. The van der Waals surface area contributed by atoms with Crippen molar-refractivity contribution < 1.29 is 17.6 Å². The van der Waals surface area contributed by atoms with Crippen LogP contribution in [0.25, 0.3) is 0 Å². The molecule has 0 aromatic heterocycles. The van der Waals surface area contributed by atoms with E-state index in [1.807, 2.05) is 11.8 Å². The summed E-state index contributed by atoms with van der Waals surface area (Å²) < 4.78 is 53.0. The number of halogens is 4. The van der Waals surface area contributed by atoms with Crippen LogP contribution in [0.2, 0.25) is 0 Å². The molecular formula is C14H18F4N2. The summed E-state index contributed by atoms with van der Waals surface area (Å²) in [5.74, 6) is -1.19. The Labute approximate surface area is 115 Å². The molecule has 1 aliphatic rings. The second kappa shape index (κ2) is 6.10. The minimum absolute atomic E-state index is 0.0434. The van der Waals surface area contributed by atoms with Crippen LogP contribution in [-0.4, -0.2) is 31.1 Å². The predicted molar refractivity (Wildman–Crippen MR) is 68.9 cm³/mol. The van der Waals surface area contributed by atoms with E-state index in [9.17, 15) is 17.6 Å². The Kier molecular flexibility index (Phi) is 4.65. The minimum atomic E-state index is -4.66. The van der Waals surface area contributed by atoms with Crippen molar-refractivity contribution in [3.05, 3.63) is 35.1 Å². The Morgan fingerprint density at radius 1 is 1.25 bits per heavy atom. The number of hydrogen-bond acceptors (Lipinski definition) is 2. The van der Waals surface area contributed by atoms with Gasteiger partial charge in [0.05, 0.1) is 5.56 Å². The van der Waals surface area contributed by atoms with Crippen LogP contribution in [-0.2, 0) is 6.18 Å². The van der Waals surface area contributed by atoms with E-state index in [1.165, 1.54) is 12.1 Å². The van der Waals surface area contributed by atoms with Gasteiger partial charge in [-0.2, -0.15) is 13.2 Å². The van der Waals surface area contributed by atoms with Gasteiger partial charge in [0.1, 0.15) is 5.82 Å². The zero-order valence-electron chi connectivity index (χ0n) is 11.3. The molecule has 0 amide bonds. The van der Waals surface area contributed by atoms with E-state index < -0.39 is 23.6 Å². The molecular weight excluding hydrogens is 272 g/mol. The first-order valence-electron chi connectivity index (χ1n) is 6.75. The second-order valence-electron chi connectivity index (χ2n) is 4.91.